The summed E-state index contributed by atoms with van der Waals surface area (Å²) in [7, 11) is 2.03. The fourth-order valence-corrected chi connectivity index (χ4v) is 2.03. The van der Waals surface area contributed by atoms with Gasteiger partial charge in [-0.05, 0) is 40.6 Å². The summed E-state index contributed by atoms with van der Waals surface area (Å²) in [4.78, 5) is 16.3. The zero-order chi connectivity index (χ0) is 15.1. The number of anilines is 2. The molecule has 0 bridgehead atoms. The minimum Gasteiger partial charge on any atom is -0.378 e. The Morgan fingerprint density at radius 1 is 1.24 bits per heavy atom. The molecule has 21 heavy (non-hydrogen) atoms. The van der Waals surface area contributed by atoms with Crippen molar-refractivity contribution in [3.05, 3.63) is 58.8 Å². The molecule has 0 fully saturated rings. The van der Waals surface area contributed by atoms with E-state index in [-0.39, 0.29) is 5.82 Å². The van der Waals surface area contributed by atoms with Crippen molar-refractivity contribution in [1.29, 1.82) is 0 Å². The van der Waals surface area contributed by atoms with E-state index in [9.17, 15) is 10.1 Å². The van der Waals surface area contributed by atoms with E-state index in [0.717, 1.165) is 18.7 Å². The number of pyridine rings is 1. The minimum absolute atomic E-state index is 0.131. The van der Waals surface area contributed by atoms with Crippen LogP contribution in [0.2, 0.25) is 0 Å². The standard InChI is InChI=1S/C15H18N4O2/c1-18(13-7-3-2-4-8-13)12-6-11-16-14-9-5-10-17-15(14)19(20)21/h2-5,7-10,16H,6,11-12H2,1H3. The van der Waals surface area contributed by atoms with Crippen LogP contribution in [0.4, 0.5) is 17.2 Å². The molecule has 1 aromatic carbocycles. The topological polar surface area (TPSA) is 71.3 Å². The number of benzene rings is 1. The molecule has 0 aliphatic heterocycles. The molecule has 0 aliphatic carbocycles. The summed E-state index contributed by atoms with van der Waals surface area (Å²) in [5.41, 5.74) is 1.62. The van der Waals surface area contributed by atoms with Crippen LogP contribution in [0.3, 0.4) is 0 Å². The van der Waals surface area contributed by atoms with Crippen LogP contribution in [0.25, 0.3) is 0 Å². The first-order chi connectivity index (χ1) is 10.2. The third-order valence-corrected chi connectivity index (χ3v) is 3.14. The maximum atomic E-state index is 10.8. The smallest absolute Gasteiger partial charge is 0.378 e. The Kier molecular flexibility index (Phi) is 5.09. The Labute approximate surface area is 123 Å². The third kappa shape index (κ3) is 4.17. The third-order valence-electron chi connectivity index (χ3n) is 3.14. The Morgan fingerprint density at radius 2 is 2.00 bits per heavy atom. The lowest BCUT2D eigenvalue weighted by Crippen LogP contribution is -2.20. The fourth-order valence-electron chi connectivity index (χ4n) is 2.03. The van der Waals surface area contributed by atoms with Crippen LogP contribution in [0.5, 0.6) is 0 Å². The first-order valence-electron chi connectivity index (χ1n) is 6.78. The number of nitrogens with zero attached hydrogens (tertiary/aromatic N) is 3. The number of hydrogen-bond acceptors (Lipinski definition) is 5. The SMILES string of the molecule is CN(CCCNc1cccnc1[N+](=O)[O-])c1ccccc1. The lowest BCUT2D eigenvalue weighted by molar-refractivity contribution is -0.388. The molecule has 6 heteroatoms. The van der Waals surface area contributed by atoms with Crippen molar-refractivity contribution < 1.29 is 4.92 Å². The monoisotopic (exact) mass is 286 g/mol. The fraction of sp³-hybridized carbons (Fsp3) is 0.267. The molecule has 0 spiro atoms. The van der Waals surface area contributed by atoms with Crippen molar-refractivity contribution in [1.82, 2.24) is 4.98 Å². The summed E-state index contributed by atoms with van der Waals surface area (Å²) in [6.45, 7) is 1.52. The van der Waals surface area contributed by atoms with E-state index in [2.05, 4.69) is 27.3 Å². The highest BCUT2D eigenvalue weighted by Gasteiger charge is 2.13. The van der Waals surface area contributed by atoms with E-state index in [1.807, 2.05) is 25.2 Å². The van der Waals surface area contributed by atoms with Gasteiger partial charge in [0.15, 0.2) is 0 Å². The van der Waals surface area contributed by atoms with Gasteiger partial charge in [0.1, 0.15) is 11.9 Å². The van der Waals surface area contributed by atoms with Gasteiger partial charge in [-0.2, -0.15) is 0 Å². The molecular weight excluding hydrogens is 268 g/mol. The van der Waals surface area contributed by atoms with E-state index in [4.69, 9.17) is 0 Å². The van der Waals surface area contributed by atoms with Crippen LogP contribution in [0.1, 0.15) is 6.42 Å². The van der Waals surface area contributed by atoms with Gasteiger partial charge in [-0.1, -0.05) is 18.2 Å². The molecule has 110 valence electrons. The lowest BCUT2D eigenvalue weighted by atomic mass is 10.3. The van der Waals surface area contributed by atoms with Gasteiger partial charge in [-0.3, -0.25) is 0 Å². The van der Waals surface area contributed by atoms with Crippen LogP contribution < -0.4 is 10.2 Å². The van der Waals surface area contributed by atoms with E-state index in [0.29, 0.717) is 12.2 Å². The van der Waals surface area contributed by atoms with Crippen LogP contribution in [-0.2, 0) is 0 Å². The van der Waals surface area contributed by atoms with Gasteiger partial charge in [0, 0.05) is 25.8 Å². The lowest BCUT2D eigenvalue weighted by Gasteiger charge is -2.19. The van der Waals surface area contributed by atoms with Gasteiger partial charge < -0.3 is 20.3 Å². The van der Waals surface area contributed by atoms with Crippen molar-refractivity contribution in [3.63, 3.8) is 0 Å². The van der Waals surface area contributed by atoms with E-state index in [1.54, 1.807) is 12.1 Å². The van der Waals surface area contributed by atoms with Gasteiger partial charge in [0.25, 0.3) is 0 Å². The number of aromatic nitrogens is 1. The molecule has 6 nitrogen and oxygen atoms in total. The summed E-state index contributed by atoms with van der Waals surface area (Å²) >= 11 is 0. The van der Waals surface area contributed by atoms with Crippen LogP contribution in [0.15, 0.2) is 48.7 Å². The van der Waals surface area contributed by atoms with Crippen LogP contribution in [0, 0.1) is 10.1 Å². The van der Waals surface area contributed by atoms with E-state index in [1.165, 1.54) is 6.20 Å². The molecule has 1 heterocycles. The number of nitrogens with one attached hydrogen (secondary N) is 1. The van der Waals surface area contributed by atoms with Gasteiger partial charge in [0.05, 0.1) is 0 Å². The molecule has 0 saturated heterocycles. The van der Waals surface area contributed by atoms with Gasteiger partial charge in [-0.15, -0.1) is 0 Å². The summed E-state index contributed by atoms with van der Waals surface area (Å²) in [6.07, 6.45) is 2.30. The Morgan fingerprint density at radius 3 is 2.71 bits per heavy atom. The zero-order valence-electron chi connectivity index (χ0n) is 11.9. The summed E-state index contributed by atoms with van der Waals surface area (Å²) in [5.74, 6) is -0.131. The minimum atomic E-state index is -0.474. The molecule has 1 N–H and O–H groups in total. The Balaban J connectivity index is 1.81. The van der Waals surface area contributed by atoms with Crippen molar-refractivity contribution in [2.45, 2.75) is 6.42 Å². The summed E-state index contributed by atoms with van der Waals surface area (Å²) in [6, 6.07) is 13.5. The Bertz CT molecular complexity index is 589. The first-order valence-corrected chi connectivity index (χ1v) is 6.78. The van der Waals surface area contributed by atoms with Crippen molar-refractivity contribution in [2.24, 2.45) is 0 Å². The molecule has 2 aromatic rings. The van der Waals surface area contributed by atoms with Crippen molar-refractivity contribution in [2.75, 3.05) is 30.4 Å². The molecule has 2 rings (SSSR count). The van der Waals surface area contributed by atoms with Crippen LogP contribution in [-0.4, -0.2) is 30.0 Å². The average Bonchev–Trinajstić information content (AvgIpc) is 2.52. The quantitative estimate of drug-likeness (QED) is 0.481. The van der Waals surface area contributed by atoms with E-state index < -0.39 is 4.92 Å². The first kappa shape index (κ1) is 14.8. The molecule has 0 amide bonds. The van der Waals surface area contributed by atoms with Gasteiger partial charge >= 0.3 is 5.82 Å². The maximum absolute atomic E-state index is 10.8. The molecule has 0 saturated carbocycles. The molecule has 0 atom stereocenters. The molecule has 0 aliphatic rings. The van der Waals surface area contributed by atoms with E-state index >= 15 is 0 Å². The normalized spacial score (nSPS) is 10.1. The maximum Gasteiger partial charge on any atom is 0.386 e. The van der Waals surface area contributed by atoms with Crippen LogP contribution >= 0.6 is 0 Å². The van der Waals surface area contributed by atoms with Crippen molar-refractivity contribution >= 4 is 17.2 Å². The number of nitro groups is 1. The predicted molar refractivity (Wildman–Crippen MR) is 83.7 cm³/mol. The average molecular weight is 286 g/mol. The highest BCUT2D eigenvalue weighted by atomic mass is 16.6. The Hall–Kier alpha value is -2.63. The largest absolute Gasteiger partial charge is 0.386 e. The van der Waals surface area contributed by atoms with Gasteiger partial charge in [-0.25, -0.2) is 0 Å². The predicted octanol–water partition coefficient (Wildman–Crippen LogP) is 2.93. The molecular formula is C15H18N4O2. The zero-order valence-corrected chi connectivity index (χ0v) is 11.9. The highest BCUT2D eigenvalue weighted by molar-refractivity contribution is 5.56. The molecule has 0 radical (unpaired) electrons. The van der Waals surface area contributed by atoms with Crippen molar-refractivity contribution in [3.8, 4) is 0 Å². The second-order valence-corrected chi connectivity index (χ2v) is 4.67. The summed E-state index contributed by atoms with van der Waals surface area (Å²) < 4.78 is 0. The number of rotatable bonds is 7. The second kappa shape index (κ2) is 7.23. The highest BCUT2D eigenvalue weighted by Crippen LogP contribution is 2.19. The number of para-hydroxylation sites is 1. The summed E-state index contributed by atoms with van der Waals surface area (Å²) in [5, 5.41) is 13.9. The molecule has 1 aromatic heterocycles. The number of hydrogen-bond donors (Lipinski definition) is 1. The molecule has 0 unspecified atom stereocenters. The second-order valence-electron chi connectivity index (χ2n) is 4.67. The van der Waals surface area contributed by atoms with Gasteiger partial charge in [0.2, 0.25) is 0 Å².